The number of amides is 1. The first-order valence-corrected chi connectivity index (χ1v) is 13.8. The van der Waals surface area contributed by atoms with Gasteiger partial charge >= 0.3 is 6.18 Å². The third kappa shape index (κ3) is 6.72. The average molecular weight is 584 g/mol. The van der Waals surface area contributed by atoms with Gasteiger partial charge in [0.05, 0.1) is 11.5 Å². The highest BCUT2D eigenvalue weighted by molar-refractivity contribution is 7.15. The first kappa shape index (κ1) is 28.7. The second kappa shape index (κ2) is 11.6. The number of nitrogens with zero attached hydrogens (tertiary/aromatic N) is 3. The van der Waals surface area contributed by atoms with Crippen LogP contribution in [0.5, 0.6) is 0 Å². The topological polar surface area (TPSA) is 120 Å². The molecule has 8 nitrogen and oxygen atoms in total. The number of benzene rings is 2. The van der Waals surface area contributed by atoms with Gasteiger partial charge in [0.1, 0.15) is 16.3 Å². The van der Waals surface area contributed by atoms with Crippen LogP contribution in [0, 0.1) is 12.8 Å². The van der Waals surface area contributed by atoms with Crippen molar-refractivity contribution in [2.45, 2.75) is 51.0 Å². The van der Waals surface area contributed by atoms with Gasteiger partial charge in [0.15, 0.2) is 0 Å². The summed E-state index contributed by atoms with van der Waals surface area (Å²) in [5, 5.41) is 27.0. The summed E-state index contributed by atoms with van der Waals surface area (Å²) < 4.78 is 39.1. The SMILES string of the molecule is Cc1cc(Nc2nccc(C(F)(F)F)n2)cc(-c2cnc([C@]3(O)CC[C@@H](C(=O)Nc4cccc(CO)c4)CC3)s2)c1. The fraction of sp³-hybridized carbons (Fsp3) is 0.310. The number of aromatic nitrogens is 3. The highest BCUT2D eigenvalue weighted by Crippen LogP contribution is 2.43. The molecular formula is C29H28F3N5O3S. The number of carbonyl (C=O) groups is 1. The van der Waals surface area contributed by atoms with Crippen molar-refractivity contribution in [3.63, 3.8) is 0 Å². The number of carbonyl (C=O) groups excluding carboxylic acids is 1. The number of hydrogen-bond donors (Lipinski definition) is 4. The minimum atomic E-state index is -4.58. The van der Waals surface area contributed by atoms with Crippen LogP contribution in [0.4, 0.5) is 30.5 Å². The maximum absolute atomic E-state index is 13.0. The fourth-order valence-electron chi connectivity index (χ4n) is 4.89. The van der Waals surface area contributed by atoms with Crippen molar-refractivity contribution in [3.05, 3.63) is 82.8 Å². The van der Waals surface area contributed by atoms with Gasteiger partial charge in [-0.05, 0) is 79.6 Å². The lowest BCUT2D eigenvalue weighted by molar-refractivity contribution is -0.141. The third-order valence-corrected chi connectivity index (χ3v) is 8.27. The second-order valence-corrected chi connectivity index (χ2v) is 11.2. The first-order chi connectivity index (χ1) is 19.5. The van der Waals surface area contributed by atoms with Gasteiger partial charge in [-0.15, -0.1) is 11.3 Å². The molecule has 5 rings (SSSR count). The maximum atomic E-state index is 13.0. The molecule has 2 heterocycles. The van der Waals surface area contributed by atoms with E-state index < -0.39 is 17.5 Å². The molecule has 12 heteroatoms. The molecule has 2 aromatic carbocycles. The average Bonchev–Trinajstić information content (AvgIpc) is 3.45. The highest BCUT2D eigenvalue weighted by Gasteiger charge is 2.39. The molecule has 2 aromatic heterocycles. The number of hydrogen-bond acceptors (Lipinski definition) is 8. The van der Waals surface area contributed by atoms with Crippen molar-refractivity contribution in [2.24, 2.45) is 5.92 Å². The number of thiazole rings is 1. The number of halogens is 3. The maximum Gasteiger partial charge on any atom is 0.433 e. The molecular weight excluding hydrogens is 555 g/mol. The van der Waals surface area contributed by atoms with E-state index in [2.05, 4.69) is 25.6 Å². The Balaban J connectivity index is 1.26. The number of aliphatic hydroxyl groups excluding tert-OH is 1. The van der Waals surface area contributed by atoms with Crippen LogP contribution in [0.25, 0.3) is 10.4 Å². The van der Waals surface area contributed by atoms with E-state index in [4.69, 9.17) is 0 Å². The molecule has 1 aliphatic rings. The van der Waals surface area contributed by atoms with Crippen LogP contribution in [0.15, 0.2) is 60.9 Å². The number of aliphatic hydroxyl groups is 2. The van der Waals surface area contributed by atoms with Crippen molar-refractivity contribution in [2.75, 3.05) is 10.6 Å². The van der Waals surface area contributed by atoms with Crippen molar-refractivity contribution < 1.29 is 28.2 Å². The minimum Gasteiger partial charge on any atom is -0.392 e. The Kier molecular flexibility index (Phi) is 8.07. The Hall–Kier alpha value is -3.87. The summed E-state index contributed by atoms with van der Waals surface area (Å²) in [4.78, 5) is 25.6. The number of alkyl halides is 3. The Bertz CT molecular complexity index is 1550. The highest BCUT2D eigenvalue weighted by atomic mass is 32.1. The third-order valence-electron chi connectivity index (χ3n) is 7.03. The predicted molar refractivity (Wildman–Crippen MR) is 149 cm³/mol. The summed E-state index contributed by atoms with van der Waals surface area (Å²) in [6.45, 7) is 1.75. The quantitative estimate of drug-likeness (QED) is 0.205. The Morgan fingerprint density at radius 1 is 1.10 bits per heavy atom. The lowest BCUT2D eigenvalue weighted by Crippen LogP contribution is -2.35. The van der Waals surface area contributed by atoms with Crippen LogP contribution in [0.2, 0.25) is 0 Å². The van der Waals surface area contributed by atoms with E-state index in [-0.39, 0.29) is 24.4 Å². The Labute approximate surface area is 238 Å². The van der Waals surface area contributed by atoms with E-state index in [1.54, 1.807) is 42.6 Å². The van der Waals surface area contributed by atoms with E-state index in [0.717, 1.165) is 28.3 Å². The zero-order valence-corrected chi connectivity index (χ0v) is 22.9. The smallest absolute Gasteiger partial charge is 0.392 e. The van der Waals surface area contributed by atoms with E-state index in [1.807, 2.05) is 13.0 Å². The molecule has 0 unspecified atom stereocenters. The molecule has 41 heavy (non-hydrogen) atoms. The number of aryl methyl sites for hydroxylation is 1. The van der Waals surface area contributed by atoms with Gasteiger partial charge in [0.2, 0.25) is 11.9 Å². The first-order valence-electron chi connectivity index (χ1n) is 13.0. The van der Waals surface area contributed by atoms with Crippen LogP contribution in [0.3, 0.4) is 0 Å². The molecule has 0 saturated heterocycles. The fourth-order valence-corrected chi connectivity index (χ4v) is 5.94. The molecule has 0 radical (unpaired) electrons. The minimum absolute atomic E-state index is 0.111. The predicted octanol–water partition coefficient (Wildman–Crippen LogP) is 6.18. The molecule has 214 valence electrons. The normalized spacial score (nSPS) is 19.1. The molecule has 1 saturated carbocycles. The van der Waals surface area contributed by atoms with Crippen LogP contribution in [-0.2, 0) is 23.2 Å². The second-order valence-electron chi connectivity index (χ2n) is 10.2. The molecule has 0 atom stereocenters. The standard InChI is InChI=1S/C29H28F3N5O3S/c1-17-11-20(14-22(12-17)36-27-33-10-7-24(37-27)29(30,31)32)23-15-34-26(41-23)28(40)8-5-19(6-9-28)25(39)35-21-4-2-3-18(13-21)16-38/h2-4,7,10-15,19,38,40H,5-6,8-9,16H2,1H3,(H,35,39)(H,33,36,37)/t19-,28+. The molecule has 0 spiro atoms. The molecule has 1 aliphatic carbocycles. The van der Waals surface area contributed by atoms with E-state index >= 15 is 0 Å². The molecule has 1 fully saturated rings. The summed E-state index contributed by atoms with van der Waals surface area (Å²) in [5.74, 6) is -0.542. The van der Waals surface area contributed by atoms with Crippen LogP contribution in [-0.4, -0.2) is 31.1 Å². The van der Waals surface area contributed by atoms with E-state index in [1.165, 1.54) is 11.3 Å². The lowest BCUT2D eigenvalue weighted by atomic mass is 9.78. The van der Waals surface area contributed by atoms with Gasteiger partial charge in [0, 0.05) is 29.7 Å². The van der Waals surface area contributed by atoms with Gasteiger partial charge < -0.3 is 20.8 Å². The van der Waals surface area contributed by atoms with Crippen LogP contribution < -0.4 is 10.6 Å². The van der Waals surface area contributed by atoms with Crippen molar-refractivity contribution >= 4 is 34.6 Å². The largest absolute Gasteiger partial charge is 0.433 e. The zero-order chi connectivity index (χ0) is 29.2. The molecule has 0 bridgehead atoms. The summed E-state index contributed by atoms with van der Waals surface area (Å²) in [6.07, 6.45) is -0.114. The number of rotatable bonds is 7. The van der Waals surface area contributed by atoms with Gasteiger partial charge in [-0.3, -0.25) is 4.79 Å². The summed E-state index contributed by atoms with van der Waals surface area (Å²) in [7, 11) is 0. The van der Waals surface area contributed by atoms with Crippen molar-refractivity contribution in [3.8, 4) is 10.4 Å². The monoisotopic (exact) mass is 583 g/mol. The van der Waals surface area contributed by atoms with E-state index in [9.17, 15) is 28.2 Å². The van der Waals surface area contributed by atoms with Crippen molar-refractivity contribution in [1.29, 1.82) is 0 Å². The summed E-state index contributed by atoms with van der Waals surface area (Å²) in [5.41, 5.74) is 1.30. The van der Waals surface area contributed by atoms with Gasteiger partial charge in [-0.2, -0.15) is 13.2 Å². The van der Waals surface area contributed by atoms with Gasteiger partial charge in [0.25, 0.3) is 0 Å². The summed E-state index contributed by atoms with van der Waals surface area (Å²) >= 11 is 1.34. The number of nitrogens with one attached hydrogen (secondary N) is 2. The summed E-state index contributed by atoms with van der Waals surface area (Å²) in [6, 6.07) is 13.3. The van der Waals surface area contributed by atoms with Gasteiger partial charge in [-0.25, -0.2) is 15.0 Å². The number of anilines is 3. The molecule has 1 amide bonds. The Morgan fingerprint density at radius 2 is 1.88 bits per heavy atom. The van der Waals surface area contributed by atoms with Crippen molar-refractivity contribution in [1.82, 2.24) is 15.0 Å². The van der Waals surface area contributed by atoms with Crippen LogP contribution >= 0.6 is 11.3 Å². The van der Waals surface area contributed by atoms with Gasteiger partial charge in [-0.1, -0.05) is 18.2 Å². The zero-order valence-electron chi connectivity index (χ0n) is 22.1. The molecule has 4 N–H and O–H groups in total. The van der Waals surface area contributed by atoms with E-state index in [0.29, 0.717) is 47.6 Å². The molecule has 0 aliphatic heterocycles. The lowest BCUT2D eigenvalue weighted by Gasteiger charge is -2.33. The van der Waals surface area contributed by atoms with Crippen LogP contribution in [0.1, 0.15) is 47.5 Å². The molecule has 4 aromatic rings. The Morgan fingerprint density at radius 3 is 2.61 bits per heavy atom.